The largest absolute Gasteiger partial charge is 0.370 e. The highest BCUT2D eigenvalue weighted by atomic mass is 15.2. The van der Waals surface area contributed by atoms with Gasteiger partial charge in [0.05, 0.1) is 12.5 Å². The molecule has 0 saturated carbocycles. The van der Waals surface area contributed by atoms with Crippen LogP contribution < -0.4 is 10.2 Å². The van der Waals surface area contributed by atoms with Gasteiger partial charge in [0.25, 0.3) is 0 Å². The van der Waals surface area contributed by atoms with Crippen molar-refractivity contribution in [3.8, 4) is 6.07 Å². The lowest BCUT2D eigenvalue weighted by Crippen LogP contribution is -2.30. The molecule has 0 aliphatic carbocycles. The Labute approximate surface area is 115 Å². The number of nitrogens with one attached hydrogen (secondary N) is 1. The SMILES string of the molecule is CCCNc1ncnc(N(C)C(C)CC#N)c1CC. The molecule has 0 fully saturated rings. The van der Waals surface area contributed by atoms with E-state index < -0.39 is 0 Å². The second-order valence-corrected chi connectivity index (χ2v) is 4.63. The fourth-order valence-electron chi connectivity index (χ4n) is 1.91. The van der Waals surface area contributed by atoms with Crippen LogP contribution in [0.3, 0.4) is 0 Å². The van der Waals surface area contributed by atoms with E-state index in [1.807, 2.05) is 14.0 Å². The zero-order valence-electron chi connectivity index (χ0n) is 12.3. The van der Waals surface area contributed by atoms with Crippen molar-refractivity contribution in [2.45, 2.75) is 46.1 Å². The molecule has 1 unspecified atom stereocenters. The molecule has 104 valence electrons. The quantitative estimate of drug-likeness (QED) is 0.817. The number of hydrogen-bond acceptors (Lipinski definition) is 5. The molecule has 1 N–H and O–H groups in total. The van der Waals surface area contributed by atoms with Crippen LogP contribution in [0.4, 0.5) is 11.6 Å². The van der Waals surface area contributed by atoms with Gasteiger partial charge in [0, 0.05) is 25.2 Å². The summed E-state index contributed by atoms with van der Waals surface area (Å²) >= 11 is 0. The van der Waals surface area contributed by atoms with Crippen molar-refractivity contribution in [2.24, 2.45) is 0 Å². The van der Waals surface area contributed by atoms with Gasteiger partial charge in [-0.25, -0.2) is 9.97 Å². The first-order chi connectivity index (χ1) is 9.15. The highest BCUT2D eigenvalue weighted by Gasteiger charge is 2.17. The van der Waals surface area contributed by atoms with E-state index in [9.17, 15) is 0 Å². The van der Waals surface area contributed by atoms with Crippen LogP contribution in [0.5, 0.6) is 0 Å². The van der Waals surface area contributed by atoms with Crippen LogP contribution in [0.2, 0.25) is 0 Å². The number of nitriles is 1. The lowest BCUT2D eigenvalue weighted by Gasteiger charge is -2.26. The lowest BCUT2D eigenvalue weighted by molar-refractivity contribution is 0.688. The average Bonchev–Trinajstić information content (AvgIpc) is 2.43. The van der Waals surface area contributed by atoms with E-state index >= 15 is 0 Å². The molecular formula is C14H23N5. The van der Waals surface area contributed by atoms with Crippen LogP contribution in [0, 0.1) is 11.3 Å². The normalized spacial score (nSPS) is 11.7. The van der Waals surface area contributed by atoms with E-state index in [0.717, 1.165) is 36.6 Å². The van der Waals surface area contributed by atoms with Crippen LogP contribution in [0.25, 0.3) is 0 Å². The lowest BCUT2D eigenvalue weighted by atomic mass is 10.1. The molecule has 0 aliphatic heterocycles. The zero-order valence-corrected chi connectivity index (χ0v) is 12.3. The molecule has 1 aromatic heterocycles. The first kappa shape index (κ1) is 15.2. The topological polar surface area (TPSA) is 64.8 Å². The summed E-state index contributed by atoms with van der Waals surface area (Å²) in [6, 6.07) is 2.35. The van der Waals surface area contributed by atoms with E-state index in [4.69, 9.17) is 5.26 Å². The van der Waals surface area contributed by atoms with E-state index in [1.165, 1.54) is 0 Å². The molecule has 1 aromatic rings. The Morgan fingerprint density at radius 3 is 2.74 bits per heavy atom. The third-order valence-electron chi connectivity index (χ3n) is 3.20. The highest BCUT2D eigenvalue weighted by Crippen LogP contribution is 2.25. The second-order valence-electron chi connectivity index (χ2n) is 4.63. The molecule has 0 amide bonds. The predicted molar refractivity (Wildman–Crippen MR) is 78.3 cm³/mol. The smallest absolute Gasteiger partial charge is 0.137 e. The summed E-state index contributed by atoms with van der Waals surface area (Å²) < 4.78 is 0. The van der Waals surface area contributed by atoms with Gasteiger partial charge in [-0.3, -0.25) is 0 Å². The number of anilines is 2. The maximum absolute atomic E-state index is 8.81. The van der Waals surface area contributed by atoms with E-state index in [-0.39, 0.29) is 6.04 Å². The third kappa shape index (κ3) is 3.82. The van der Waals surface area contributed by atoms with Crippen molar-refractivity contribution in [1.29, 1.82) is 5.26 Å². The third-order valence-corrected chi connectivity index (χ3v) is 3.20. The molecule has 0 saturated heterocycles. The molecule has 19 heavy (non-hydrogen) atoms. The van der Waals surface area contributed by atoms with Gasteiger partial charge in [-0.1, -0.05) is 13.8 Å². The minimum atomic E-state index is 0.143. The summed E-state index contributed by atoms with van der Waals surface area (Å²) in [6.07, 6.45) is 4.00. The fourth-order valence-corrected chi connectivity index (χ4v) is 1.91. The van der Waals surface area contributed by atoms with Gasteiger partial charge in [-0.2, -0.15) is 5.26 Å². The predicted octanol–water partition coefficient (Wildman–Crippen LogP) is 2.60. The average molecular weight is 261 g/mol. The summed E-state index contributed by atoms with van der Waals surface area (Å²) in [7, 11) is 1.98. The highest BCUT2D eigenvalue weighted by molar-refractivity contribution is 5.58. The van der Waals surface area contributed by atoms with Crippen molar-refractivity contribution < 1.29 is 0 Å². The Morgan fingerprint density at radius 1 is 1.42 bits per heavy atom. The van der Waals surface area contributed by atoms with Crippen LogP contribution in [-0.2, 0) is 6.42 Å². The Balaban J connectivity index is 3.03. The first-order valence-electron chi connectivity index (χ1n) is 6.83. The Bertz CT molecular complexity index is 438. The minimum absolute atomic E-state index is 0.143. The monoisotopic (exact) mass is 261 g/mol. The minimum Gasteiger partial charge on any atom is -0.370 e. The standard InChI is InChI=1S/C14H23N5/c1-5-9-16-13-12(6-2)14(18-10-17-13)19(4)11(3)7-8-15/h10-11H,5-7,9H2,1-4H3,(H,16,17,18). The molecule has 1 rings (SSSR count). The molecule has 0 aliphatic rings. The molecule has 5 nitrogen and oxygen atoms in total. The number of aromatic nitrogens is 2. The molecule has 1 heterocycles. The summed E-state index contributed by atoms with van der Waals surface area (Å²) in [5, 5.41) is 12.1. The van der Waals surface area contributed by atoms with Crippen molar-refractivity contribution >= 4 is 11.6 Å². The molecule has 1 atom stereocenters. The van der Waals surface area contributed by atoms with Crippen molar-refractivity contribution in [1.82, 2.24) is 9.97 Å². The zero-order chi connectivity index (χ0) is 14.3. The first-order valence-corrected chi connectivity index (χ1v) is 6.83. The second kappa shape index (κ2) is 7.57. The summed E-state index contributed by atoms with van der Waals surface area (Å²) in [6.45, 7) is 7.16. The van der Waals surface area contributed by atoms with Gasteiger partial charge in [0.1, 0.15) is 18.0 Å². The molecule has 0 spiro atoms. The van der Waals surface area contributed by atoms with Crippen LogP contribution in [0.15, 0.2) is 6.33 Å². The van der Waals surface area contributed by atoms with Crippen LogP contribution in [-0.4, -0.2) is 29.6 Å². The Hall–Kier alpha value is -1.83. The maximum atomic E-state index is 8.81. The maximum Gasteiger partial charge on any atom is 0.137 e. The molecule has 0 radical (unpaired) electrons. The summed E-state index contributed by atoms with van der Waals surface area (Å²) in [4.78, 5) is 10.8. The van der Waals surface area contributed by atoms with Crippen molar-refractivity contribution in [3.05, 3.63) is 11.9 Å². The molecule has 0 aromatic carbocycles. The molecular weight excluding hydrogens is 238 g/mol. The van der Waals surface area contributed by atoms with E-state index in [2.05, 4.69) is 40.1 Å². The Kier molecular flexibility index (Phi) is 6.07. The summed E-state index contributed by atoms with van der Waals surface area (Å²) in [5.74, 6) is 1.82. The fraction of sp³-hybridized carbons (Fsp3) is 0.643. The van der Waals surface area contributed by atoms with Gasteiger partial charge in [-0.05, 0) is 19.8 Å². The molecule has 0 bridgehead atoms. The van der Waals surface area contributed by atoms with Crippen molar-refractivity contribution in [3.63, 3.8) is 0 Å². The number of nitrogens with zero attached hydrogens (tertiary/aromatic N) is 4. The van der Waals surface area contributed by atoms with Crippen LogP contribution in [0.1, 0.15) is 39.2 Å². The van der Waals surface area contributed by atoms with Crippen molar-refractivity contribution in [2.75, 3.05) is 23.8 Å². The van der Waals surface area contributed by atoms with Gasteiger partial charge in [0.2, 0.25) is 0 Å². The molecule has 5 heteroatoms. The van der Waals surface area contributed by atoms with E-state index in [0.29, 0.717) is 6.42 Å². The van der Waals surface area contributed by atoms with Crippen LogP contribution >= 0.6 is 0 Å². The van der Waals surface area contributed by atoms with E-state index in [1.54, 1.807) is 6.33 Å². The number of rotatable bonds is 7. The summed E-state index contributed by atoms with van der Waals surface area (Å²) in [5.41, 5.74) is 1.11. The number of hydrogen-bond donors (Lipinski definition) is 1. The van der Waals surface area contributed by atoms with Gasteiger partial charge in [-0.15, -0.1) is 0 Å². The van der Waals surface area contributed by atoms with Gasteiger partial charge in [0.15, 0.2) is 0 Å². The van der Waals surface area contributed by atoms with Gasteiger partial charge < -0.3 is 10.2 Å². The Morgan fingerprint density at radius 2 is 2.16 bits per heavy atom. The van der Waals surface area contributed by atoms with Gasteiger partial charge >= 0.3 is 0 Å².